The molecular weight excluding hydrogens is 259 g/mol. The Kier molecular flexibility index (Phi) is 4.40. The molecule has 20 heavy (non-hydrogen) atoms. The number of carbonyl (C=O) groups excluding carboxylic acids is 1. The van der Waals surface area contributed by atoms with E-state index < -0.39 is 6.10 Å². The summed E-state index contributed by atoms with van der Waals surface area (Å²) in [6.45, 7) is 2.70. The van der Waals surface area contributed by atoms with Gasteiger partial charge in [-0.15, -0.1) is 0 Å². The van der Waals surface area contributed by atoms with E-state index in [2.05, 4.69) is 0 Å². The minimum atomic E-state index is -0.511. The number of nitrogens with zero attached hydrogens (tertiary/aromatic N) is 2. The van der Waals surface area contributed by atoms with Gasteiger partial charge in [0.15, 0.2) is 0 Å². The van der Waals surface area contributed by atoms with E-state index in [-0.39, 0.29) is 24.2 Å². The summed E-state index contributed by atoms with van der Waals surface area (Å²) >= 11 is 0. The highest BCUT2D eigenvalue weighted by atomic mass is 19.1. The van der Waals surface area contributed by atoms with E-state index in [9.17, 15) is 14.3 Å². The number of carbonyl (C=O) groups is 1. The molecule has 0 bridgehead atoms. The quantitative estimate of drug-likeness (QED) is 0.891. The summed E-state index contributed by atoms with van der Waals surface area (Å²) in [5, 5.41) is 9.95. The van der Waals surface area contributed by atoms with Gasteiger partial charge in [-0.25, -0.2) is 4.39 Å². The van der Waals surface area contributed by atoms with E-state index in [1.54, 1.807) is 17.9 Å². The Hall–Kier alpha value is -1.46. The molecule has 2 rings (SSSR count). The first kappa shape index (κ1) is 14.9. The van der Waals surface area contributed by atoms with E-state index >= 15 is 0 Å². The minimum Gasteiger partial charge on any atom is -0.390 e. The van der Waals surface area contributed by atoms with Crippen molar-refractivity contribution in [1.82, 2.24) is 9.80 Å². The first-order valence-corrected chi connectivity index (χ1v) is 6.75. The lowest BCUT2D eigenvalue weighted by Crippen LogP contribution is -2.38. The third kappa shape index (κ3) is 3.16. The Morgan fingerprint density at radius 3 is 2.70 bits per heavy atom. The van der Waals surface area contributed by atoms with Crippen LogP contribution in [0.4, 0.5) is 4.39 Å². The summed E-state index contributed by atoms with van der Waals surface area (Å²) in [6.07, 6.45) is -0.262. The molecule has 1 aromatic rings. The number of likely N-dealkylation sites (tertiary alicyclic amines) is 1. The molecule has 110 valence electrons. The van der Waals surface area contributed by atoms with Crippen molar-refractivity contribution in [2.24, 2.45) is 0 Å². The standard InChI is InChI=1S/C15H21FN2O2/c1-10-6-12(16)5-4-11(10)7-15(20)18-8-13(17(2)3)14(19)9-18/h4-6,13-14,19H,7-9H2,1-3H3/t13-,14-/m1/s1. The van der Waals surface area contributed by atoms with Gasteiger partial charge in [0.05, 0.1) is 18.6 Å². The van der Waals surface area contributed by atoms with Gasteiger partial charge in [0, 0.05) is 13.1 Å². The average molecular weight is 280 g/mol. The Balaban J connectivity index is 2.02. The van der Waals surface area contributed by atoms with E-state index in [4.69, 9.17) is 0 Å². The SMILES string of the molecule is Cc1cc(F)ccc1CC(=O)N1C[C@@H](O)[C@H](N(C)C)C1. The molecule has 1 aromatic carbocycles. The Morgan fingerprint density at radius 1 is 1.45 bits per heavy atom. The molecular formula is C15H21FN2O2. The van der Waals surface area contributed by atoms with Crippen molar-refractivity contribution in [2.45, 2.75) is 25.5 Å². The van der Waals surface area contributed by atoms with Crippen molar-refractivity contribution in [3.05, 3.63) is 35.1 Å². The zero-order chi connectivity index (χ0) is 14.9. The van der Waals surface area contributed by atoms with Gasteiger partial charge in [0.1, 0.15) is 5.82 Å². The summed E-state index contributed by atoms with van der Waals surface area (Å²) in [5.41, 5.74) is 1.61. The predicted molar refractivity (Wildman–Crippen MR) is 74.9 cm³/mol. The number of halogens is 1. The lowest BCUT2D eigenvalue weighted by molar-refractivity contribution is -0.129. The van der Waals surface area contributed by atoms with Crippen LogP contribution >= 0.6 is 0 Å². The summed E-state index contributed by atoms with van der Waals surface area (Å²) < 4.78 is 13.0. The van der Waals surface area contributed by atoms with Crippen LogP contribution in [0, 0.1) is 12.7 Å². The number of amides is 1. The summed E-state index contributed by atoms with van der Waals surface area (Å²) in [5.74, 6) is -0.314. The van der Waals surface area contributed by atoms with Crippen molar-refractivity contribution in [2.75, 3.05) is 27.2 Å². The summed E-state index contributed by atoms with van der Waals surface area (Å²) in [7, 11) is 3.79. The maximum atomic E-state index is 13.0. The Morgan fingerprint density at radius 2 is 2.15 bits per heavy atom. The molecule has 1 fully saturated rings. The number of aliphatic hydroxyl groups is 1. The lowest BCUT2D eigenvalue weighted by atomic mass is 10.1. The third-order valence-electron chi connectivity index (χ3n) is 3.92. The number of β-amino-alcohol motifs (C(OH)–C–C–N with tert-alkyl or cyclic N) is 1. The van der Waals surface area contributed by atoms with E-state index in [0.717, 1.165) is 11.1 Å². The van der Waals surface area contributed by atoms with E-state index in [1.807, 2.05) is 19.0 Å². The van der Waals surface area contributed by atoms with Crippen LogP contribution in [0.15, 0.2) is 18.2 Å². The molecule has 1 saturated heterocycles. The van der Waals surface area contributed by atoms with Crippen LogP contribution in [0.3, 0.4) is 0 Å². The first-order chi connectivity index (χ1) is 9.38. The number of hydrogen-bond donors (Lipinski definition) is 1. The maximum absolute atomic E-state index is 13.0. The molecule has 4 nitrogen and oxygen atoms in total. The van der Waals surface area contributed by atoms with E-state index in [0.29, 0.717) is 13.1 Å². The molecule has 0 saturated carbocycles. The second-order valence-corrected chi connectivity index (χ2v) is 5.64. The summed E-state index contributed by atoms with van der Waals surface area (Å²) in [6, 6.07) is 4.44. The van der Waals surface area contributed by atoms with Gasteiger partial charge in [-0.1, -0.05) is 6.07 Å². The molecule has 1 aliphatic heterocycles. The maximum Gasteiger partial charge on any atom is 0.227 e. The molecule has 0 spiro atoms. The van der Waals surface area contributed by atoms with Crippen LogP contribution in [0.5, 0.6) is 0 Å². The smallest absolute Gasteiger partial charge is 0.227 e. The zero-order valence-electron chi connectivity index (χ0n) is 12.1. The molecule has 0 radical (unpaired) electrons. The third-order valence-corrected chi connectivity index (χ3v) is 3.92. The van der Waals surface area contributed by atoms with Crippen molar-refractivity contribution in [1.29, 1.82) is 0 Å². The highest BCUT2D eigenvalue weighted by Gasteiger charge is 2.35. The molecule has 2 atom stereocenters. The molecule has 5 heteroatoms. The van der Waals surface area contributed by atoms with Crippen molar-refractivity contribution in [3.63, 3.8) is 0 Å². The van der Waals surface area contributed by atoms with Gasteiger partial charge in [0.2, 0.25) is 5.91 Å². The van der Waals surface area contributed by atoms with Crippen LogP contribution in [-0.2, 0) is 11.2 Å². The van der Waals surface area contributed by atoms with Gasteiger partial charge in [0.25, 0.3) is 0 Å². The highest BCUT2D eigenvalue weighted by Crippen LogP contribution is 2.17. The number of aliphatic hydroxyl groups excluding tert-OH is 1. The van der Waals surface area contributed by atoms with Crippen LogP contribution < -0.4 is 0 Å². The number of aryl methyl sites for hydroxylation is 1. The normalized spacial score (nSPS) is 22.6. The van der Waals surface area contributed by atoms with Crippen molar-refractivity contribution >= 4 is 5.91 Å². The fraction of sp³-hybridized carbons (Fsp3) is 0.533. The van der Waals surface area contributed by atoms with Crippen LogP contribution in [0.25, 0.3) is 0 Å². The Labute approximate surface area is 118 Å². The molecule has 0 aromatic heterocycles. The number of rotatable bonds is 3. The molecule has 1 aliphatic rings. The number of benzene rings is 1. The number of likely N-dealkylation sites (N-methyl/N-ethyl adjacent to an activating group) is 1. The molecule has 1 N–H and O–H groups in total. The minimum absolute atomic E-state index is 0.0201. The van der Waals surface area contributed by atoms with Gasteiger partial charge in [-0.2, -0.15) is 0 Å². The zero-order valence-corrected chi connectivity index (χ0v) is 12.1. The average Bonchev–Trinajstić information content (AvgIpc) is 2.75. The van der Waals surface area contributed by atoms with Gasteiger partial charge >= 0.3 is 0 Å². The second kappa shape index (κ2) is 5.89. The molecule has 1 amide bonds. The van der Waals surface area contributed by atoms with Crippen LogP contribution in [0.2, 0.25) is 0 Å². The fourth-order valence-electron chi connectivity index (χ4n) is 2.61. The molecule has 1 heterocycles. The topological polar surface area (TPSA) is 43.8 Å². The van der Waals surface area contributed by atoms with Gasteiger partial charge in [-0.05, 0) is 44.3 Å². The van der Waals surface area contributed by atoms with Crippen molar-refractivity contribution in [3.8, 4) is 0 Å². The summed E-state index contributed by atoms with van der Waals surface area (Å²) in [4.78, 5) is 15.9. The van der Waals surface area contributed by atoms with Crippen LogP contribution in [0.1, 0.15) is 11.1 Å². The van der Waals surface area contributed by atoms with Gasteiger partial charge < -0.3 is 14.9 Å². The van der Waals surface area contributed by atoms with Crippen LogP contribution in [-0.4, -0.2) is 60.1 Å². The van der Waals surface area contributed by atoms with E-state index in [1.165, 1.54) is 12.1 Å². The lowest BCUT2D eigenvalue weighted by Gasteiger charge is -2.21. The van der Waals surface area contributed by atoms with Gasteiger partial charge in [-0.3, -0.25) is 4.79 Å². The van der Waals surface area contributed by atoms with Crippen molar-refractivity contribution < 1.29 is 14.3 Å². The second-order valence-electron chi connectivity index (χ2n) is 5.64. The monoisotopic (exact) mass is 280 g/mol. The largest absolute Gasteiger partial charge is 0.390 e. The Bertz CT molecular complexity index is 505. The number of hydrogen-bond acceptors (Lipinski definition) is 3. The highest BCUT2D eigenvalue weighted by molar-refractivity contribution is 5.79. The predicted octanol–water partition coefficient (Wildman–Crippen LogP) is 0.810. The molecule has 0 aliphatic carbocycles. The molecule has 0 unspecified atom stereocenters. The first-order valence-electron chi connectivity index (χ1n) is 6.75. The fourth-order valence-corrected chi connectivity index (χ4v) is 2.61.